The molecule has 2 aromatic carbocycles. The van der Waals surface area contributed by atoms with E-state index < -0.39 is 29.9 Å². The first-order valence-electron chi connectivity index (χ1n) is 9.02. The Morgan fingerprint density at radius 3 is 2.64 bits per heavy atom. The molecule has 28 heavy (non-hydrogen) atoms. The zero-order chi connectivity index (χ0) is 19.9. The number of β-amino-alcohol motifs (C(OH)–C–C–N with tert-alkyl or cyclic N) is 1. The molecule has 1 aliphatic heterocycles. The summed E-state index contributed by atoms with van der Waals surface area (Å²) in [6, 6.07) is 8.40. The monoisotopic (exact) mass is 390 g/mol. The standard InChI is InChI=1S/C20H20F2N2O4/c21-12-6-11(7-13(22)8-12)9-20(4-5-20)23-10-16(25)14-2-1-3-15-17(14)28-19(27)18(26)24-15/h1-3,6-8,16,19,23,25,27H,4-5,9-10H2,(H,24,26). The molecule has 8 heteroatoms. The third-order valence-electron chi connectivity index (χ3n) is 5.10. The van der Waals surface area contributed by atoms with Crippen LogP contribution in [0.4, 0.5) is 14.5 Å². The van der Waals surface area contributed by atoms with E-state index in [1.54, 1.807) is 18.2 Å². The number of ether oxygens (including phenoxy) is 1. The van der Waals surface area contributed by atoms with Gasteiger partial charge in [0.15, 0.2) is 5.75 Å². The molecule has 0 saturated heterocycles. The number of carbonyl (C=O) groups is 1. The number of rotatable bonds is 6. The SMILES string of the molecule is O=C1Nc2cccc(C(O)CNC3(Cc4cc(F)cc(F)c4)CC3)c2OC1O. The lowest BCUT2D eigenvalue weighted by Gasteiger charge is -2.27. The average molecular weight is 390 g/mol. The number of fused-ring (bicyclic) bond motifs is 1. The summed E-state index contributed by atoms with van der Waals surface area (Å²) in [6.07, 6.45) is -0.483. The molecule has 0 radical (unpaired) electrons. The molecular weight excluding hydrogens is 370 g/mol. The highest BCUT2D eigenvalue weighted by Gasteiger charge is 2.42. The number of hydrogen-bond donors (Lipinski definition) is 4. The van der Waals surface area contributed by atoms with E-state index in [2.05, 4.69) is 10.6 Å². The number of para-hydroxylation sites is 1. The normalized spacial score (nSPS) is 20.7. The third-order valence-corrected chi connectivity index (χ3v) is 5.10. The molecule has 4 N–H and O–H groups in total. The minimum absolute atomic E-state index is 0.182. The summed E-state index contributed by atoms with van der Waals surface area (Å²) in [7, 11) is 0. The van der Waals surface area contributed by atoms with Gasteiger partial charge in [0.2, 0.25) is 0 Å². The number of aliphatic hydroxyl groups is 2. The van der Waals surface area contributed by atoms with Crippen molar-refractivity contribution < 1.29 is 28.5 Å². The predicted octanol–water partition coefficient (Wildman–Crippen LogP) is 2.01. The first-order valence-corrected chi connectivity index (χ1v) is 9.02. The molecule has 2 aliphatic rings. The van der Waals surface area contributed by atoms with Gasteiger partial charge in [0.05, 0.1) is 11.8 Å². The summed E-state index contributed by atoms with van der Waals surface area (Å²) in [5.41, 5.74) is 1.05. The summed E-state index contributed by atoms with van der Waals surface area (Å²) in [4.78, 5) is 11.5. The van der Waals surface area contributed by atoms with E-state index in [9.17, 15) is 23.8 Å². The van der Waals surface area contributed by atoms with Crippen molar-refractivity contribution in [1.29, 1.82) is 0 Å². The van der Waals surface area contributed by atoms with Gasteiger partial charge in [-0.25, -0.2) is 8.78 Å². The zero-order valence-corrected chi connectivity index (χ0v) is 14.9. The van der Waals surface area contributed by atoms with Crippen LogP contribution >= 0.6 is 0 Å². The molecular formula is C20H20F2N2O4. The summed E-state index contributed by atoms with van der Waals surface area (Å²) >= 11 is 0. The van der Waals surface area contributed by atoms with Crippen molar-refractivity contribution in [1.82, 2.24) is 5.32 Å². The molecule has 0 aromatic heterocycles. The van der Waals surface area contributed by atoms with Crippen LogP contribution in [0.15, 0.2) is 36.4 Å². The molecule has 1 saturated carbocycles. The van der Waals surface area contributed by atoms with Gasteiger partial charge in [-0.1, -0.05) is 12.1 Å². The van der Waals surface area contributed by atoms with Crippen LogP contribution in [0.25, 0.3) is 0 Å². The lowest BCUT2D eigenvalue weighted by Crippen LogP contribution is -2.38. The lowest BCUT2D eigenvalue weighted by atomic mass is 10.0. The van der Waals surface area contributed by atoms with Crippen molar-refractivity contribution in [3.63, 3.8) is 0 Å². The van der Waals surface area contributed by atoms with E-state index in [0.717, 1.165) is 18.9 Å². The Morgan fingerprint density at radius 1 is 1.25 bits per heavy atom. The molecule has 148 valence electrons. The van der Waals surface area contributed by atoms with Gasteiger partial charge in [-0.15, -0.1) is 0 Å². The number of carbonyl (C=O) groups excluding carboxylic acids is 1. The van der Waals surface area contributed by atoms with Crippen LogP contribution in [0, 0.1) is 11.6 Å². The van der Waals surface area contributed by atoms with E-state index in [1.165, 1.54) is 12.1 Å². The molecule has 0 spiro atoms. The molecule has 4 rings (SSSR count). The van der Waals surface area contributed by atoms with Crippen molar-refractivity contribution >= 4 is 11.6 Å². The fourth-order valence-electron chi connectivity index (χ4n) is 3.50. The Labute approximate surface area is 160 Å². The first-order chi connectivity index (χ1) is 13.3. The maximum Gasteiger partial charge on any atom is 0.293 e. The zero-order valence-electron chi connectivity index (χ0n) is 14.9. The number of hydrogen-bond acceptors (Lipinski definition) is 5. The van der Waals surface area contributed by atoms with Gasteiger partial charge < -0.3 is 25.6 Å². The van der Waals surface area contributed by atoms with Crippen molar-refractivity contribution in [2.45, 2.75) is 37.2 Å². The van der Waals surface area contributed by atoms with Crippen molar-refractivity contribution in [3.8, 4) is 5.75 Å². The summed E-state index contributed by atoms with van der Waals surface area (Å²) in [6.45, 7) is 0.182. The number of nitrogens with one attached hydrogen (secondary N) is 2. The second kappa shape index (κ2) is 7.12. The van der Waals surface area contributed by atoms with Gasteiger partial charge >= 0.3 is 0 Å². The number of anilines is 1. The Balaban J connectivity index is 1.44. The van der Waals surface area contributed by atoms with Gasteiger partial charge in [-0.3, -0.25) is 4.79 Å². The number of halogens is 2. The van der Waals surface area contributed by atoms with Crippen molar-refractivity contribution in [2.75, 3.05) is 11.9 Å². The molecule has 1 amide bonds. The summed E-state index contributed by atoms with van der Waals surface area (Å²) < 4.78 is 32.1. The first kappa shape index (κ1) is 18.8. The Morgan fingerprint density at radius 2 is 1.96 bits per heavy atom. The Hall–Kier alpha value is -2.55. The number of aliphatic hydroxyl groups excluding tert-OH is 2. The minimum Gasteiger partial charge on any atom is -0.453 e. The van der Waals surface area contributed by atoms with Crippen LogP contribution in [-0.4, -0.2) is 34.5 Å². The molecule has 2 unspecified atom stereocenters. The number of amides is 1. The molecule has 2 aromatic rings. The van der Waals surface area contributed by atoms with Crippen LogP contribution in [-0.2, 0) is 11.2 Å². The summed E-state index contributed by atoms with van der Waals surface area (Å²) in [5.74, 6) is -1.67. The average Bonchev–Trinajstić information content (AvgIpc) is 3.39. The smallest absolute Gasteiger partial charge is 0.293 e. The second-order valence-corrected chi connectivity index (χ2v) is 7.31. The molecule has 1 fully saturated rings. The third kappa shape index (κ3) is 3.84. The van der Waals surface area contributed by atoms with Crippen LogP contribution in [0.5, 0.6) is 5.75 Å². The van der Waals surface area contributed by atoms with Crippen molar-refractivity contribution in [3.05, 3.63) is 59.2 Å². The minimum atomic E-state index is -1.63. The predicted molar refractivity (Wildman–Crippen MR) is 96.7 cm³/mol. The second-order valence-electron chi connectivity index (χ2n) is 7.31. The van der Waals surface area contributed by atoms with Gasteiger partial charge in [0.25, 0.3) is 12.2 Å². The van der Waals surface area contributed by atoms with Crippen molar-refractivity contribution in [2.24, 2.45) is 0 Å². The highest BCUT2D eigenvalue weighted by atomic mass is 19.1. The van der Waals surface area contributed by atoms with Crippen LogP contribution in [0.3, 0.4) is 0 Å². The van der Waals surface area contributed by atoms with E-state index in [0.29, 0.717) is 23.2 Å². The summed E-state index contributed by atoms with van der Waals surface area (Å²) in [5, 5.41) is 26.0. The van der Waals surface area contributed by atoms with E-state index in [-0.39, 0.29) is 17.8 Å². The highest BCUT2D eigenvalue weighted by Crippen LogP contribution is 2.40. The maximum atomic E-state index is 13.4. The fourth-order valence-corrected chi connectivity index (χ4v) is 3.50. The van der Waals surface area contributed by atoms with Crippen LogP contribution in [0.2, 0.25) is 0 Å². The van der Waals surface area contributed by atoms with Gasteiger partial charge in [0, 0.05) is 23.7 Å². The van der Waals surface area contributed by atoms with Crippen LogP contribution < -0.4 is 15.4 Å². The molecule has 1 aliphatic carbocycles. The quantitative estimate of drug-likeness (QED) is 0.606. The number of benzene rings is 2. The lowest BCUT2D eigenvalue weighted by molar-refractivity contribution is -0.139. The topological polar surface area (TPSA) is 90.8 Å². The van der Waals surface area contributed by atoms with Gasteiger partial charge in [-0.05, 0) is 43.0 Å². The molecule has 6 nitrogen and oxygen atoms in total. The largest absolute Gasteiger partial charge is 0.453 e. The molecule has 0 bridgehead atoms. The van der Waals surface area contributed by atoms with Gasteiger partial charge in [-0.2, -0.15) is 0 Å². The Bertz CT molecular complexity index is 897. The van der Waals surface area contributed by atoms with E-state index in [4.69, 9.17) is 4.74 Å². The van der Waals surface area contributed by atoms with Crippen LogP contribution in [0.1, 0.15) is 30.1 Å². The van der Waals surface area contributed by atoms with E-state index >= 15 is 0 Å². The highest BCUT2D eigenvalue weighted by molar-refractivity contribution is 5.97. The van der Waals surface area contributed by atoms with E-state index in [1.807, 2.05) is 0 Å². The fraction of sp³-hybridized carbons (Fsp3) is 0.350. The Kier molecular flexibility index (Phi) is 4.78. The van der Waals surface area contributed by atoms with Gasteiger partial charge in [0.1, 0.15) is 11.6 Å². The molecule has 2 atom stereocenters. The molecule has 1 heterocycles. The maximum absolute atomic E-state index is 13.4.